The summed E-state index contributed by atoms with van der Waals surface area (Å²) in [4.78, 5) is 23.7. The number of carboxylic acids is 1. The third-order valence-corrected chi connectivity index (χ3v) is 4.45. The van der Waals surface area contributed by atoms with Crippen molar-refractivity contribution in [1.82, 2.24) is 4.81 Å². The highest BCUT2D eigenvalue weighted by Gasteiger charge is 2.56. The van der Waals surface area contributed by atoms with Crippen molar-refractivity contribution in [3.05, 3.63) is 12.2 Å². The minimum absolute atomic E-state index is 0.229. The Morgan fingerprint density at radius 1 is 1.44 bits per heavy atom. The van der Waals surface area contributed by atoms with Crippen molar-refractivity contribution in [3.63, 3.8) is 0 Å². The summed E-state index contributed by atoms with van der Waals surface area (Å²) in [5.41, 5.74) is 0. The molecule has 5 heteroatoms. The van der Waals surface area contributed by atoms with E-state index in [9.17, 15) is 14.7 Å². The van der Waals surface area contributed by atoms with E-state index in [-0.39, 0.29) is 13.3 Å². The maximum atomic E-state index is 11.3. The molecule has 0 spiro atoms. The molecular weight excluding hydrogens is 205 g/mol. The molecule has 3 aliphatic rings. The number of allylic oxidation sites excluding steroid dienone is 2. The number of aliphatic carboxylic acids is 1. The summed E-state index contributed by atoms with van der Waals surface area (Å²) >= 11 is 0. The summed E-state index contributed by atoms with van der Waals surface area (Å²) in [5, 5.41) is 9.30. The van der Waals surface area contributed by atoms with E-state index in [1.54, 1.807) is 0 Å². The lowest BCUT2D eigenvalue weighted by Gasteiger charge is -2.25. The van der Waals surface area contributed by atoms with Gasteiger partial charge in [-0.2, -0.15) is 0 Å². The lowest BCUT2D eigenvalue weighted by Crippen LogP contribution is -2.43. The average molecular weight is 219 g/mol. The number of rotatable bonds is 3. The van der Waals surface area contributed by atoms with Crippen molar-refractivity contribution in [2.24, 2.45) is 23.7 Å². The number of hydrogen-bond donors (Lipinski definition) is 1. The summed E-state index contributed by atoms with van der Waals surface area (Å²) in [7, 11) is 0.253. The molecular formula is C11H14BNO3. The van der Waals surface area contributed by atoms with Crippen LogP contribution in [0.4, 0.5) is 0 Å². The minimum atomic E-state index is -0.768. The number of fused-ring (bicyclic) bond motifs is 5. The fourth-order valence-electron chi connectivity index (χ4n) is 3.92. The first kappa shape index (κ1) is 10.1. The number of hydrogen-bond acceptors (Lipinski definition) is 3. The highest BCUT2D eigenvalue weighted by atomic mass is 16.4. The molecule has 1 heterocycles. The Hall–Kier alpha value is -1.10. The van der Waals surface area contributed by atoms with Crippen LogP contribution in [0.25, 0.3) is 0 Å². The first-order valence-corrected chi connectivity index (χ1v) is 5.81. The van der Waals surface area contributed by atoms with Crippen molar-refractivity contribution in [2.75, 3.05) is 6.54 Å². The van der Waals surface area contributed by atoms with Crippen molar-refractivity contribution in [3.8, 4) is 0 Å². The molecule has 5 atom stereocenters. The molecule has 3 rings (SSSR count). The monoisotopic (exact) mass is 219 g/mol. The van der Waals surface area contributed by atoms with Gasteiger partial charge in [-0.1, -0.05) is 12.2 Å². The zero-order chi connectivity index (χ0) is 11.3. The maximum Gasteiger partial charge on any atom is 0.320 e. The predicted octanol–water partition coefficient (Wildman–Crippen LogP) is -0.265. The number of carbonyl (C=O) groups excluding carboxylic acids is 1. The van der Waals surface area contributed by atoms with E-state index in [4.69, 9.17) is 0 Å². The van der Waals surface area contributed by atoms with Gasteiger partial charge in [0.1, 0.15) is 6.04 Å². The quantitative estimate of drug-likeness (QED) is 0.403. The van der Waals surface area contributed by atoms with Crippen LogP contribution >= 0.6 is 0 Å². The van der Waals surface area contributed by atoms with Crippen LogP contribution in [0, 0.1) is 23.7 Å². The van der Waals surface area contributed by atoms with E-state index in [1.807, 2.05) is 4.81 Å². The number of carboxylic acid groups (broad SMARTS) is 1. The predicted molar refractivity (Wildman–Crippen MR) is 59.7 cm³/mol. The molecule has 1 aliphatic heterocycles. The Balaban J connectivity index is 1.89. The third kappa shape index (κ3) is 1.21. The van der Waals surface area contributed by atoms with Crippen molar-refractivity contribution >= 4 is 19.6 Å². The molecule has 2 fully saturated rings. The van der Waals surface area contributed by atoms with Gasteiger partial charge in [0.25, 0.3) is 7.41 Å². The molecule has 16 heavy (non-hydrogen) atoms. The molecule has 4 nitrogen and oxygen atoms in total. The lowest BCUT2D eigenvalue weighted by atomic mass is 9.81. The smallest absolute Gasteiger partial charge is 0.320 e. The summed E-state index contributed by atoms with van der Waals surface area (Å²) in [6, 6.07) is -0.449. The molecule has 2 bridgehead atoms. The van der Waals surface area contributed by atoms with Gasteiger partial charge in [-0.05, 0) is 36.6 Å². The first-order chi connectivity index (χ1) is 7.72. The third-order valence-electron chi connectivity index (χ3n) is 4.45. The Bertz CT molecular complexity index is 370. The molecule has 0 amide bonds. The van der Waals surface area contributed by atoms with E-state index in [0.29, 0.717) is 17.8 Å². The van der Waals surface area contributed by atoms with Gasteiger partial charge < -0.3 is 14.7 Å². The second kappa shape index (κ2) is 3.45. The number of nitrogens with zero attached hydrogens (tertiary/aromatic N) is 1. The van der Waals surface area contributed by atoms with Crippen LogP contribution in [0.2, 0.25) is 0 Å². The van der Waals surface area contributed by atoms with Gasteiger partial charge in [-0.15, -0.1) is 0 Å². The van der Waals surface area contributed by atoms with Gasteiger partial charge in [0, 0.05) is 0 Å². The molecule has 1 saturated carbocycles. The van der Waals surface area contributed by atoms with Gasteiger partial charge in [-0.3, -0.25) is 4.79 Å². The van der Waals surface area contributed by atoms with Gasteiger partial charge >= 0.3 is 5.97 Å². The molecule has 0 aromatic heterocycles. The summed E-state index contributed by atoms with van der Waals surface area (Å²) in [6.07, 6.45) is 6.34. The van der Waals surface area contributed by atoms with Crippen LogP contribution < -0.4 is 0 Å². The first-order valence-electron chi connectivity index (χ1n) is 5.81. The van der Waals surface area contributed by atoms with E-state index in [0.717, 1.165) is 19.2 Å². The van der Waals surface area contributed by atoms with Crippen molar-refractivity contribution in [2.45, 2.75) is 12.5 Å². The largest absolute Gasteiger partial charge is 0.480 e. The average Bonchev–Trinajstić information content (AvgIpc) is 2.85. The number of carbonyl (C=O) groups is 2. The molecule has 2 aliphatic carbocycles. The zero-order valence-electron chi connectivity index (χ0n) is 8.95. The fraction of sp³-hybridized carbons (Fsp3) is 0.636. The molecule has 0 aromatic carbocycles. The van der Waals surface area contributed by atoms with Crippen LogP contribution in [-0.2, 0) is 9.59 Å². The SMILES string of the molecule is O=CBN1CC2C3C=CC(C3)C2[C@H]1C(=O)O. The molecule has 1 saturated heterocycles. The van der Waals surface area contributed by atoms with Crippen LogP contribution in [0.1, 0.15) is 6.42 Å². The summed E-state index contributed by atoms with van der Waals surface area (Å²) in [6.45, 7) is 0.770. The highest BCUT2D eigenvalue weighted by molar-refractivity contribution is 6.64. The minimum Gasteiger partial charge on any atom is -0.480 e. The van der Waals surface area contributed by atoms with Crippen LogP contribution in [0.15, 0.2) is 12.2 Å². The second-order valence-electron chi connectivity index (χ2n) is 5.09. The summed E-state index contributed by atoms with van der Waals surface area (Å²) in [5.74, 6) is 0.889. The van der Waals surface area contributed by atoms with Crippen molar-refractivity contribution < 1.29 is 14.7 Å². The van der Waals surface area contributed by atoms with Gasteiger partial charge in [-0.25, -0.2) is 0 Å². The Kier molecular flexibility index (Phi) is 2.17. The lowest BCUT2D eigenvalue weighted by molar-refractivity contribution is -0.142. The van der Waals surface area contributed by atoms with E-state index in [1.165, 1.54) is 0 Å². The van der Waals surface area contributed by atoms with E-state index >= 15 is 0 Å². The normalized spacial score (nSPS) is 44.6. The standard InChI is InChI=1S/C11H14BNO3/c14-5-12-13-4-8-6-1-2-7(3-6)9(8)10(13)11(15)16/h1-2,5-10,12H,3-4H2,(H,15,16)/t6?,7?,8?,9?,10-/m0/s1. The van der Waals surface area contributed by atoms with Crippen LogP contribution in [0.5, 0.6) is 0 Å². The topological polar surface area (TPSA) is 57.6 Å². The van der Waals surface area contributed by atoms with Gasteiger partial charge in [0.05, 0.1) is 6.19 Å². The second-order valence-corrected chi connectivity index (χ2v) is 5.09. The van der Waals surface area contributed by atoms with E-state index in [2.05, 4.69) is 12.2 Å². The van der Waals surface area contributed by atoms with E-state index < -0.39 is 12.0 Å². The van der Waals surface area contributed by atoms with Crippen molar-refractivity contribution in [1.29, 1.82) is 0 Å². The van der Waals surface area contributed by atoms with Crippen LogP contribution in [0.3, 0.4) is 0 Å². The maximum absolute atomic E-state index is 11.3. The molecule has 84 valence electrons. The molecule has 0 aromatic rings. The Morgan fingerprint density at radius 3 is 2.88 bits per heavy atom. The Morgan fingerprint density at radius 2 is 2.19 bits per heavy atom. The fourth-order valence-corrected chi connectivity index (χ4v) is 3.92. The molecule has 0 radical (unpaired) electrons. The summed E-state index contributed by atoms with van der Waals surface area (Å²) < 4.78 is 0. The molecule has 4 unspecified atom stereocenters. The Labute approximate surface area is 94.6 Å². The zero-order valence-corrected chi connectivity index (χ0v) is 8.95. The highest BCUT2D eigenvalue weighted by Crippen LogP contribution is 2.53. The molecule has 1 N–H and O–H groups in total. The van der Waals surface area contributed by atoms with Crippen LogP contribution in [-0.4, -0.2) is 42.1 Å². The van der Waals surface area contributed by atoms with Gasteiger partial charge in [0.2, 0.25) is 0 Å². The van der Waals surface area contributed by atoms with Gasteiger partial charge in [0.15, 0.2) is 0 Å².